The first-order valence-electron chi connectivity index (χ1n) is 4.19. The van der Waals surface area contributed by atoms with Crippen molar-refractivity contribution in [3.8, 4) is 0 Å². The quantitative estimate of drug-likeness (QED) is 0.867. The molecule has 78 valence electrons. The minimum Gasteiger partial charge on any atom is -0.477 e. The zero-order chi connectivity index (χ0) is 11.2. The van der Waals surface area contributed by atoms with E-state index in [1.165, 1.54) is 16.7 Å². The molecule has 0 atom stereocenters. The van der Waals surface area contributed by atoms with Crippen LogP contribution in [0.25, 0.3) is 10.9 Å². The summed E-state index contributed by atoms with van der Waals surface area (Å²) < 4.78 is 14.9. The molecule has 1 aromatic carbocycles. The SMILES string of the molecule is Cn1c(C(=O)O)c(Br)c2cc(F)ccc21. The van der Waals surface area contributed by atoms with Crippen LogP contribution in [-0.2, 0) is 7.05 Å². The molecule has 3 nitrogen and oxygen atoms in total. The van der Waals surface area contributed by atoms with Gasteiger partial charge in [0.15, 0.2) is 0 Å². The normalized spacial score (nSPS) is 10.9. The zero-order valence-electron chi connectivity index (χ0n) is 7.79. The summed E-state index contributed by atoms with van der Waals surface area (Å²) in [7, 11) is 1.63. The van der Waals surface area contributed by atoms with Gasteiger partial charge in [0, 0.05) is 18.0 Å². The number of carboxylic acids is 1. The summed E-state index contributed by atoms with van der Waals surface area (Å²) in [5, 5.41) is 9.54. The van der Waals surface area contributed by atoms with Crippen LogP contribution in [0.2, 0.25) is 0 Å². The predicted molar refractivity (Wildman–Crippen MR) is 57.5 cm³/mol. The Morgan fingerprint density at radius 1 is 1.53 bits per heavy atom. The fourth-order valence-electron chi connectivity index (χ4n) is 1.61. The van der Waals surface area contributed by atoms with Gasteiger partial charge in [-0.15, -0.1) is 0 Å². The van der Waals surface area contributed by atoms with E-state index < -0.39 is 5.97 Å². The number of aromatic carboxylic acids is 1. The van der Waals surface area contributed by atoms with Crippen molar-refractivity contribution < 1.29 is 14.3 Å². The molecule has 0 fully saturated rings. The third kappa shape index (κ3) is 1.43. The molecular weight excluding hydrogens is 265 g/mol. The summed E-state index contributed by atoms with van der Waals surface area (Å²) in [6, 6.07) is 4.17. The van der Waals surface area contributed by atoms with E-state index in [1.54, 1.807) is 13.1 Å². The molecule has 0 amide bonds. The van der Waals surface area contributed by atoms with Crippen LogP contribution in [0.1, 0.15) is 10.5 Å². The van der Waals surface area contributed by atoms with E-state index in [4.69, 9.17) is 5.11 Å². The van der Waals surface area contributed by atoms with Gasteiger partial charge in [-0.05, 0) is 34.1 Å². The average Bonchev–Trinajstić information content (AvgIpc) is 2.39. The van der Waals surface area contributed by atoms with Gasteiger partial charge >= 0.3 is 5.97 Å². The number of carboxylic acid groups (broad SMARTS) is 1. The van der Waals surface area contributed by atoms with Crippen LogP contribution in [0.4, 0.5) is 4.39 Å². The third-order valence-corrected chi connectivity index (χ3v) is 3.11. The van der Waals surface area contributed by atoms with E-state index >= 15 is 0 Å². The lowest BCUT2D eigenvalue weighted by Gasteiger charge is -1.98. The molecule has 0 saturated heterocycles. The smallest absolute Gasteiger partial charge is 0.353 e. The van der Waals surface area contributed by atoms with Crippen molar-refractivity contribution in [2.75, 3.05) is 0 Å². The average molecular weight is 272 g/mol. The summed E-state index contributed by atoms with van der Waals surface area (Å²) in [4.78, 5) is 11.0. The standard InChI is InChI=1S/C10H7BrFNO2/c1-13-7-3-2-5(12)4-6(7)8(11)9(13)10(14)15/h2-4H,1H3,(H,14,15). The van der Waals surface area contributed by atoms with Crippen molar-refractivity contribution in [3.05, 3.63) is 34.2 Å². The van der Waals surface area contributed by atoms with E-state index in [9.17, 15) is 9.18 Å². The van der Waals surface area contributed by atoms with Crippen molar-refractivity contribution in [1.82, 2.24) is 4.57 Å². The van der Waals surface area contributed by atoms with Crippen molar-refractivity contribution in [2.45, 2.75) is 0 Å². The number of aryl methyl sites for hydroxylation is 1. The van der Waals surface area contributed by atoms with E-state index in [0.29, 0.717) is 15.4 Å². The topological polar surface area (TPSA) is 42.2 Å². The van der Waals surface area contributed by atoms with Crippen LogP contribution in [0.5, 0.6) is 0 Å². The predicted octanol–water partition coefficient (Wildman–Crippen LogP) is 2.78. The van der Waals surface area contributed by atoms with Gasteiger partial charge in [0.25, 0.3) is 0 Å². The zero-order valence-corrected chi connectivity index (χ0v) is 9.38. The molecule has 0 aliphatic rings. The molecule has 0 spiro atoms. The van der Waals surface area contributed by atoms with Gasteiger partial charge in [0.2, 0.25) is 0 Å². The summed E-state index contributed by atoms with van der Waals surface area (Å²) in [5.74, 6) is -1.42. The van der Waals surface area contributed by atoms with Gasteiger partial charge in [0.05, 0.1) is 4.47 Å². The lowest BCUT2D eigenvalue weighted by atomic mass is 10.2. The molecule has 0 saturated carbocycles. The van der Waals surface area contributed by atoms with Crippen LogP contribution in [0, 0.1) is 5.82 Å². The lowest BCUT2D eigenvalue weighted by molar-refractivity contribution is 0.0686. The Hall–Kier alpha value is -1.36. The number of halogens is 2. The van der Waals surface area contributed by atoms with Gasteiger partial charge < -0.3 is 9.67 Å². The first kappa shape index (κ1) is 10.2. The number of fused-ring (bicyclic) bond motifs is 1. The van der Waals surface area contributed by atoms with Crippen LogP contribution < -0.4 is 0 Å². The number of hydrogen-bond donors (Lipinski definition) is 1. The first-order valence-corrected chi connectivity index (χ1v) is 4.98. The van der Waals surface area contributed by atoms with E-state index in [1.807, 2.05) is 0 Å². The summed E-state index contributed by atoms with van der Waals surface area (Å²) in [5.41, 5.74) is 0.802. The van der Waals surface area contributed by atoms with E-state index in [0.717, 1.165) is 0 Å². The highest BCUT2D eigenvalue weighted by Crippen LogP contribution is 2.30. The first-order chi connectivity index (χ1) is 7.02. The van der Waals surface area contributed by atoms with Crippen LogP contribution in [0.3, 0.4) is 0 Å². The van der Waals surface area contributed by atoms with E-state index in [2.05, 4.69) is 15.9 Å². The van der Waals surface area contributed by atoms with Crippen LogP contribution >= 0.6 is 15.9 Å². The fourth-order valence-corrected chi connectivity index (χ4v) is 2.36. The Morgan fingerprint density at radius 3 is 2.80 bits per heavy atom. The molecule has 15 heavy (non-hydrogen) atoms. The van der Waals surface area contributed by atoms with Crippen molar-refractivity contribution in [1.29, 1.82) is 0 Å². The summed E-state index contributed by atoms with van der Waals surface area (Å²) in [6.07, 6.45) is 0. The molecule has 0 aliphatic carbocycles. The number of carbonyl (C=O) groups is 1. The Bertz CT molecular complexity index is 562. The highest BCUT2D eigenvalue weighted by molar-refractivity contribution is 9.10. The number of nitrogens with zero attached hydrogens (tertiary/aromatic N) is 1. The number of hydrogen-bond acceptors (Lipinski definition) is 1. The van der Waals surface area contributed by atoms with Crippen LogP contribution in [-0.4, -0.2) is 15.6 Å². The molecule has 0 unspecified atom stereocenters. The second-order valence-corrected chi connectivity index (χ2v) is 3.98. The molecule has 0 radical (unpaired) electrons. The lowest BCUT2D eigenvalue weighted by Crippen LogP contribution is -2.04. The minimum atomic E-state index is -1.04. The Morgan fingerprint density at radius 2 is 2.20 bits per heavy atom. The van der Waals surface area contributed by atoms with Gasteiger partial charge in [-0.2, -0.15) is 0 Å². The summed E-state index contributed by atoms with van der Waals surface area (Å²) in [6.45, 7) is 0. The highest BCUT2D eigenvalue weighted by atomic mass is 79.9. The molecule has 0 aliphatic heterocycles. The van der Waals surface area contributed by atoms with Gasteiger partial charge in [-0.25, -0.2) is 9.18 Å². The molecule has 1 aromatic heterocycles. The van der Waals surface area contributed by atoms with Gasteiger partial charge in [-0.1, -0.05) is 0 Å². The largest absolute Gasteiger partial charge is 0.477 e. The fraction of sp³-hybridized carbons (Fsp3) is 0.100. The maximum absolute atomic E-state index is 13.0. The second kappa shape index (κ2) is 3.34. The molecule has 0 bridgehead atoms. The maximum Gasteiger partial charge on any atom is 0.353 e. The Kier molecular flexibility index (Phi) is 2.26. The molecule has 2 aromatic rings. The highest BCUT2D eigenvalue weighted by Gasteiger charge is 2.18. The third-order valence-electron chi connectivity index (χ3n) is 2.30. The minimum absolute atomic E-state index is 0.121. The molecule has 5 heteroatoms. The maximum atomic E-state index is 13.0. The van der Waals surface area contributed by atoms with Crippen LogP contribution in [0.15, 0.2) is 22.7 Å². The van der Waals surface area contributed by atoms with Crippen molar-refractivity contribution >= 4 is 32.8 Å². The van der Waals surface area contributed by atoms with Gasteiger partial charge in [-0.3, -0.25) is 0 Å². The molecule has 1 heterocycles. The molecule has 1 N–H and O–H groups in total. The van der Waals surface area contributed by atoms with Crippen molar-refractivity contribution in [3.63, 3.8) is 0 Å². The monoisotopic (exact) mass is 271 g/mol. The number of rotatable bonds is 1. The number of aromatic nitrogens is 1. The molecule has 2 rings (SSSR count). The van der Waals surface area contributed by atoms with Crippen molar-refractivity contribution in [2.24, 2.45) is 7.05 Å². The Labute approximate surface area is 93.3 Å². The second-order valence-electron chi connectivity index (χ2n) is 3.19. The number of benzene rings is 1. The van der Waals surface area contributed by atoms with E-state index in [-0.39, 0.29) is 11.5 Å². The summed E-state index contributed by atoms with van der Waals surface area (Å²) >= 11 is 3.17. The Balaban J connectivity index is 2.91. The molecular formula is C10H7BrFNO2. The van der Waals surface area contributed by atoms with Gasteiger partial charge in [0.1, 0.15) is 11.5 Å².